The van der Waals surface area contributed by atoms with Crippen molar-refractivity contribution in [3.05, 3.63) is 0 Å². The molecule has 0 rings (SSSR count). The maximum absolute atomic E-state index is 11.9. The fourth-order valence-electron chi connectivity index (χ4n) is 2.17. The number of hydrogen-bond donors (Lipinski definition) is 4. The van der Waals surface area contributed by atoms with Gasteiger partial charge in [0.15, 0.2) is 5.96 Å². The molecule has 0 saturated carbocycles. The minimum atomic E-state index is -0.428. The Hall–Kier alpha value is -1.99. The zero-order valence-corrected chi connectivity index (χ0v) is 16.7. The number of amides is 2. The lowest BCUT2D eigenvalue weighted by molar-refractivity contribution is -0.121. The Balaban J connectivity index is 4.46. The van der Waals surface area contributed by atoms with Gasteiger partial charge in [-0.3, -0.25) is 9.79 Å². The first kappa shape index (κ1) is 23.0. The van der Waals surface area contributed by atoms with E-state index in [1.807, 2.05) is 20.8 Å². The summed E-state index contributed by atoms with van der Waals surface area (Å²) in [6.45, 7) is 12.7. The molecule has 0 bridgehead atoms. The second-order valence-corrected chi connectivity index (χ2v) is 7.30. The molecule has 0 aliphatic rings. The zero-order chi connectivity index (χ0) is 19.5. The number of rotatable bonds is 8. The first-order chi connectivity index (χ1) is 11.6. The Bertz CT molecular complexity index is 444. The molecule has 0 saturated heterocycles. The normalized spacial score (nSPS) is 13.2. The van der Waals surface area contributed by atoms with Crippen LogP contribution in [0.3, 0.4) is 0 Å². The molecule has 0 aliphatic carbocycles. The minimum Gasteiger partial charge on any atom is -0.450 e. The van der Waals surface area contributed by atoms with Crippen molar-refractivity contribution in [3.63, 3.8) is 0 Å². The lowest BCUT2D eigenvalue weighted by Gasteiger charge is -2.23. The monoisotopic (exact) mass is 357 g/mol. The summed E-state index contributed by atoms with van der Waals surface area (Å²) in [7, 11) is 1.63. The SMILES string of the molecule is CCOC(=O)NC(CNC(=NC)NCC(=O)NC(C)(C)C)CC(C)C. The van der Waals surface area contributed by atoms with E-state index in [0.29, 0.717) is 25.0 Å². The maximum atomic E-state index is 11.9. The molecule has 0 radical (unpaired) electrons. The molecule has 25 heavy (non-hydrogen) atoms. The highest BCUT2D eigenvalue weighted by atomic mass is 16.5. The Morgan fingerprint density at radius 1 is 1.16 bits per heavy atom. The summed E-state index contributed by atoms with van der Waals surface area (Å²) in [5, 5.41) is 11.8. The highest BCUT2D eigenvalue weighted by molar-refractivity contribution is 5.86. The molecular weight excluding hydrogens is 322 g/mol. The second kappa shape index (κ2) is 11.5. The molecule has 0 aromatic rings. The number of guanidine groups is 1. The van der Waals surface area contributed by atoms with E-state index in [-0.39, 0.29) is 24.0 Å². The smallest absolute Gasteiger partial charge is 0.407 e. The number of nitrogens with one attached hydrogen (secondary N) is 4. The third-order valence-electron chi connectivity index (χ3n) is 3.02. The van der Waals surface area contributed by atoms with Gasteiger partial charge in [-0.05, 0) is 40.0 Å². The predicted octanol–water partition coefficient (Wildman–Crippen LogP) is 1.23. The predicted molar refractivity (Wildman–Crippen MR) is 101 cm³/mol. The van der Waals surface area contributed by atoms with Crippen LogP contribution in [-0.2, 0) is 9.53 Å². The summed E-state index contributed by atoms with van der Waals surface area (Å²) in [4.78, 5) is 27.6. The molecule has 0 fully saturated rings. The van der Waals surface area contributed by atoms with E-state index in [1.54, 1.807) is 14.0 Å². The van der Waals surface area contributed by atoms with Gasteiger partial charge >= 0.3 is 6.09 Å². The van der Waals surface area contributed by atoms with Crippen molar-refractivity contribution in [1.82, 2.24) is 21.3 Å². The fourth-order valence-corrected chi connectivity index (χ4v) is 2.17. The van der Waals surface area contributed by atoms with Crippen LogP contribution >= 0.6 is 0 Å². The molecule has 2 amide bonds. The van der Waals surface area contributed by atoms with E-state index in [9.17, 15) is 9.59 Å². The highest BCUT2D eigenvalue weighted by Gasteiger charge is 2.16. The number of alkyl carbamates (subject to hydrolysis) is 1. The number of hydrogen-bond acceptors (Lipinski definition) is 4. The van der Waals surface area contributed by atoms with E-state index in [0.717, 1.165) is 6.42 Å². The van der Waals surface area contributed by atoms with Crippen molar-refractivity contribution in [3.8, 4) is 0 Å². The summed E-state index contributed by atoms with van der Waals surface area (Å²) < 4.78 is 4.94. The third kappa shape index (κ3) is 13.0. The van der Waals surface area contributed by atoms with Crippen molar-refractivity contribution in [1.29, 1.82) is 0 Å². The molecule has 1 unspecified atom stereocenters. The maximum Gasteiger partial charge on any atom is 0.407 e. The molecule has 0 aliphatic heterocycles. The van der Waals surface area contributed by atoms with Gasteiger partial charge in [-0.1, -0.05) is 13.8 Å². The van der Waals surface area contributed by atoms with Crippen LogP contribution in [-0.4, -0.2) is 56.3 Å². The highest BCUT2D eigenvalue weighted by Crippen LogP contribution is 2.04. The lowest BCUT2D eigenvalue weighted by Crippen LogP contribution is -2.50. The van der Waals surface area contributed by atoms with Gasteiger partial charge in [-0.25, -0.2) is 4.79 Å². The van der Waals surface area contributed by atoms with Crippen LogP contribution < -0.4 is 21.3 Å². The van der Waals surface area contributed by atoms with Crippen LogP contribution in [0.4, 0.5) is 4.79 Å². The largest absolute Gasteiger partial charge is 0.450 e. The van der Waals surface area contributed by atoms with Gasteiger partial charge < -0.3 is 26.0 Å². The molecule has 0 spiro atoms. The molecule has 0 heterocycles. The molecule has 0 aromatic heterocycles. The number of carbonyl (C=O) groups is 2. The Morgan fingerprint density at radius 3 is 2.28 bits per heavy atom. The van der Waals surface area contributed by atoms with Crippen molar-refractivity contribution in [2.75, 3.05) is 26.7 Å². The molecule has 146 valence electrons. The number of nitrogens with zero attached hydrogens (tertiary/aromatic N) is 1. The Labute approximate surface area is 151 Å². The average molecular weight is 357 g/mol. The number of ether oxygens (including phenoxy) is 1. The molecule has 1 atom stereocenters. The van der Waals surface area contributed by atoms with Crippen molar-refractivity contribution < 1.29 is 14.3 Å². The van der Waals surface area contributed by atoms with Crippen LogP contribution in [0.25, 0.3) is 0 Å². The van der Waals surface area contributed by atoms with Gasteiger partial charge in [-0.15, -0.1) is 0 Å². The summed E-state index contributed by atoms with van der Waals surface area (Å²) >= 11 is 0. The molecular formula is C17H35N5O3. The first-order valence-electron chi connectivity index (χ1n) is 8.76. The fraction of sp³-hybridized carbons (Fsp3) is 0.824. The third-order valence-corrected chi connectivity index (χ3v) is 3.02. The van der Waals surface area contributed by atoms with E-state index < -0.39 is 6.09 Å². The summed E-state index contributed by atoms with van der Waals surface area (Å²) in [5.74, 6) is 0.809. The van der Waals surface area contributed by atoms with Gasteiger partial charge in [0, 0.05) is 25.2 Å². The van der Waals surface area contributed by atoms with Crippen LogP contribution in [0.2, 0.25) is 0 Å². The minimum absolute atomic E-state index is 0.0963. The standard InChI is InChI=1S/C17H35N5O3/c1-8-25-16(24)21-13(9-12(2)3)10-19-15(18-7)20-11-14(23)22-17(4,5)6/h12-13H,8-11H2,1-7H3,(H,21,24)(H,22,23)(H2,18,19,20). The second-order valence-electron chi connectivity index (χ2n) is 7.30. The Morgan fingerprint density at radius 2 is 1.80 bits per heavy atom. The van der Waals surface area contributed by atoms with Crippen molar-refractivity contribution in [2.45, 2.75) is 59.5 Å². The Kier molecular flexibility index (Phi) is 10.6. The van der Waals surface area contributed by atoms with Gasteiger partial charge in [0.05, 0.1) is 13.2 Å². The lowest BCUT2D eigenvalue weighted by atomic mass is 10.0. The van der Waals surface area contributed by atoms with E-state index in [2.05, 4.69) is 40.1 Å². The molecule has 4 N–H and O–H groups in total. The summed E-state index contributed by atoms with van der Waals surface area (Å²) in [6, 6.07) is -0.0963. The van der Waals surface area contributed by atoms with E-state index >= 15 is 0 Å². The van der Waals surface area contributed by atoms with Crippen LogP contribution in [0.5, 0.6) is 0 Å². The quantitative estimate of drug-likeness (QED) is 0.386. The van der Waals surface area contributed by atoms with Crippen LogP contribution in [0, 0.1) is 5.92 Å². The molecule has 0 aromatic carbocycles. The summed E-state index contributed by atoms with van der Waals surface area (Å²) in [5.41, 5.74) is -0.276. The first-order valence-corrected chi connectivity index (χ1v) is 8.76. The average Bonchev–Trinajstić information content (AvgIpc) is 2.44. The van der Waals surface area contributed by atoms with Gasteiger partial charge in [-0.2, -0.15) is 0 Å². The molecule has 8 heteroatoms. The summed E-state index contributed by atoms with van der Waals surface area (Å²) in [6.07, 6.45) is 0.371. The topological polar surface area (TPSA) is 104 Å². The van der Waals surface area contributed by atoms with Crippen LogP contribution in [0.1, 0.15) is 48.0 Å². The van der Waals surface area contributed by atoms with Gasteiger partial charge in [0.1, 0.15) is 0 Å². The van der Waals surface area contributed by atoms with Crippen molar-refractivity contribution >= 4 is 18.0 Å². The van der Waals surface area contributed by atoms with E-state index in [4.69, 9.17) is 4.74 Å². The van der Waals surface area contributed by atoms with Crippen LogP contribution in [0.15, 0.2) is 4.99 Å². The van der Waals surface area contributed by atoms with Gasteiger partial charge in [0.25, 0.3) is 0 Å². The van der Waals surface area contributed by atoms with Gasteiger partial charge in [0.2, 0.25) is 5.91 Å². The zero-order valence-electron chi connectivity index (χ0n) is 16.7. The van der Waals surface area contributed by atoms with E-state index in [1.165, 1.54) is 0 Å². The number of carbonyl (C=O) groups excluding carboxylic acids is 2. The van der Waals surface area contributed by atoms with Crippen molar-refractivity contribution in [2.24, 2.45) is 10.9 Å². The number of aliphatic imine (C=N–C) groups is 1. The molecule has 8 nitrogen and oxygen atoms in total.